The van der Waals surface area contributed by atoms with Gasteiger partial charge in [-0.3, -0.25) is 0 Å². The van der Waals surface area contributed by atoms with Crippen LogP contribution < -0.4 is 4.90 Å². The number of benzene rings is 1. The first-order valence-corrected chi connectivity index (χ1v) is 9.99. The third kappa shape index (κ3) is 3.61. The first-order chi connectivity index (χ1) is 13.1. The summed E-state index contributed by atoms with van der Waals surface area (Å²) in [7, 11) is 1.70. The Kier molecular flexibility index (Phi) is 4.97. The van der Waals surface area contributed by atoms with Crippen LogP contribution in [0.1, 0.15) is 37.1 Å². The number of methoxy groups -OCH3 is 1. The molecule has 1 saturated heterocycles. The zero-order valence-electron chi connectivity index (χ0n) is 16.0. The fraction of sp³-hybridized carbons (Fsp3) is 0.450. The van der Waals surface area contributed by atoms with Crippen molar-refractivity contribution in [3.63, 3.8) is 0 Å². The van der Waals surface area contributed by atoms with Gasteiger partial charge in [0.1, 0.15) is 11.6 Å². The fourth-order valence-corrected chi connectivity index (χ4v) is 4.47. The molecule has 27 heavy (non-hydrogen) atoms. The third-order valence-corrected chi connectivity index (χ3v) is 5.84. The number of ether oxygens (including phenoxy) is 1. The predicted molar refractivity (Wildman–Crippen MR) is 107 cm³/mol. The molecule has 2 aromatic heterocycles. The molecule has 0 radical (unpaired) electrons. The maximum absolute atomic E-state index is 5.14. The molecule has 1 unspecified atom stereocenters. The Balaban J connectivity index is 1.58. The van der Waals surface area contributed by atoms with Gasteiger partial charge in [0, 0.05) is 56.0 Å². The number of aromatic nitrogens is 4. The van der Waals surface area contributed by atoms with Gasteiger partial charge in [-0.2, -0.15) is 4.37 Å². The van der Waals surface area contributed by atoms with E-state index >= 15 is 0 Å². The van der Waals surface area contributed by atoms with E-state index in [0.717, 1.165) is 36.3 Å². The van der Waals surface area contributed by atoms with Crippen molar-refractivity contribution in [2.24, 2.45) is 5.41 Å². The van der Waals surface area contributed by atoms with E-state index in [-0.39, 0.29) is 11.5 Å². The van der Waals surface area contributed by atoms with Gasteiger partial charge in [-0.15, -0.1) is 0 Å². The molecule has 3 heterocycles. The van der Waals surface area contributed by atoms with E-state index in [1.54, 1.807) is 7.11 Å². The van der Waals surface area contributed by atoms with Gasteiger partial charge in [-0.05, 0) is 5.56 Å². The molecule has 3 aromatic rings. The van der Waals surface area contributed by atoms with Crippen LogP contribution in [0.25, 0.3) is 0 Å². The third-order valence-electron chi connectivity index (χ3n) is 5.05. The lowest BCUT2D eigenvalue weighted by molar-refractivity contribution is 0.168. The highest BCUT2D eigenvalue weighted by Gasteiger charge is 2.50. The second-order valence-electron chi connectivity index (χ2n) is 7.65. The van der Waals surface area contributed by atoms with Crippen LogP contribution in [0.2, 0.25) is 0 Å². The number of rotatable bonds is 7. The largest absolute Gasteiger partial charge is 0.384 e. The van der Waals surface area contributed by atoms with E-state index in [4.69, 9.17) is 14.7 Å². The average molecular weight is 384 g/mol. The Labute approximate surface area is 164 Å². The Morgan fingerprint density at radius 2 is 2.07 bits per heavy atom. The summed E-state index contributed by atoms with van der Waals surface area (Å²) < 4.78 is 11.9. The normalized spacial score (nSPS) is 18.5. The van der Waals surface area contributed by atoms with Crippen molar-refractivity contribution in [3.05, 3.63) is 59.9 Å². The summed E-state index contributed by atoms with van der Waals surface area (Å²) in [5.74, 6) is 1.94. The lowest BCUT2D eigenvalue weighted by atomic mass is 9.74. The molecule has 6 nitrogen and oxygen atoms in total. The van der Waals surface area contributed by atoms with Crippen molar-refractivity contribution in [2.75, 3.05) is 25.2 Å². The van der Waals surface area contributed by atoms with Crippen molar-refractivity contribution in [1.29, 1.82) is 0 Å². The smallest absolute Gasteiger partial charge is 0.205 e. The molecular formula is C20H25N5OS. The summed E-state index contributed by atoms with van der Waals surface area (Å²) in [6, 6.07) is 10.7. The van der Waals surface area contributed by atoms with Crippen LogP contribution in [0, 0.1) is 5.41 Å². The maximum Gasteiger partial charge on any atom is 0.205 e. The number of hydrogen-bond donors (Lipinski definition) is 0. The van der Waals surface area contributed by atoms with Crippen LogP contribution >= 0.6 is 11.5 Å². The number of imidazole rings is 1. The molecule has 4 rings (SSSR count). The first-order valence-electron chi connectivity index (χ1n) is 9.21. The maximum atomic E-state index is 5.14. The first kappa shape index (κ1) is 18.1. The summed E-state index contributed by atoms with van der Waals surface area (Å²) in [5, 5.41) is 0.972. The second kappa shape index (κ2) is 7.40. The summed E-state index contributed by atoms with van der Waals surface area (Å²) in [6.45, 7) is 7.01. The Morgan fingerprint density at radius 1 is 1.26 bits per heavy atom. The SMILES string of the molecule is COCCc1nsc(N2CC(C)(C)C2c2nccn2Cc2ccccc2)n1. The van der Waals surface area contributed by atoms with Gasteiger partial charge in [0.05, 0.1) is 12.6 Å². The van der Waals surface area contributed by atoms with Crippen molar-refractivity contribution >= 4 is 16.7 Å². The quantitative estimate of drug-likeness (QED) is 0.624. The predicted octanol–water partition coefficient (Wildman–Crippen LogP) is 3.56. The van der Waals surface area contributed by atoms with E-state index < -0.39 is 0 Å². The van der Waals surface area contributed by atoms with Gasteiger partial charge in [-0.1, -0.05) is 44.2 Å². The van der Waals surface area contributed by atoms with Crippen molar-refractivity contribution in [1.82, 2.24) is 18.9 Å². The highest BCUT2D eigenvalue weighted by molar-refractivity contribution is 7.09. The van der Waals surface area contributed by atoms with Gasteiger partial charge in [0.15, 0.2) is 0 Å². The molecule has 1 aliphatic rings. The lowest BCUT2D eigenvalue weighted by Gasteiger charge is -2.53. The topological polar surface area (TPSA) is 56.1 Å². The number of hydrogen-bond acceptors (Lipinski definition) is 6. The van der Waals surface area contributed by atoms with Crippen LogP contribution in [0.3, 0.4) is 0 Å². The Morgan fingerprint density at radius 3 is 2.81 bits per heavy atom. The summed E-state index contributed by atoms with van der Waals surface area (Å²) in [4.78, 5) is 11.8. The van der Waals surface area contributed by atoms with Crippen molar-refractivity contribution in [3.8, 4) is 0 Å². The minimum atomic E-state index is 0.137. The van der Waals surface area contributed by atoms with Crippen molar-refractivity contribution in [2.45, 2.75) is 32.9 Å². The summed E-state index contributed by atoms with van der Waals surface area (Å²) in [5.41, 5.74) is 1.41. The van der Waals surface area contributed by atoms with Crippen molar-refractivity contribution < 1.29 is 4.74 Å². The van der Waals surface area contributed by atoms with Crippen LogP contribution in [0.15, 0.2) is 42.7 Å². The van der Waals surface area contributed by atoms with Crippen LogP contribution in [-0.4, -0.2) is 39.2 Å². The van der Waals surface area contributed by atoms with Crippen LogP contribution in [0.4, 0.5) is 5.13 Å². The molecule has 0 N–H and O–H groups in total. The average Bonchev–Trinajstić information content (AvgIpc) is 3.29. The molecule has 0 spiro atoms. The van der Waals surface area contributed by atoms with Gasteiger partial charge in [0.2, 0.25) is 5.13 Å². The van der Waals surface area contributed by atoms with Gasteiger partial charge in [0.25, 0.3) is 0 Å². The standard InChI is InChI=1S/C20H25N5OS/c1-20(2)14-25(19-22-16(23-27-19)9-12-26-3)17(20)18-21-10-11-24(18)13-15-7-5-4-6-8-15/h4-8,10-11,17H,9,12-14H2,1-3H3. The zero-order valence-corrected chi connectivity index (χ0v) is 16.8. The number of anilines is 1. The van der Waals surface area contributed by atoms with E-state index in [2.05, 4.69) is 58.2 Å². The molecule has 142 valence electrons. The molecule has 0 amide bonds. The zero-order chi connectivity index (χ0) is 18.9. The molecule has 1 aromatic carbocycles. The van der Waals surface area contributed by atoms with E-state index in [0.29, 0.717) is 6.61 Å². The molecule has 1 fully saturated rings. The molecule has 7 heteroatoms. The van der Waals surface area contributed by atoms with Crippen LogP contribution in [0.5, 0.6) is 0 Å². The minimum absolute atomic E-state index is 0.137. The highest BCUT2D eigenvalue weighted by Crippen LogP contribution is 2.50. The molecule has 0 aliphatic carbocycles. The molecule has 1 aliphatic heterocycles. The monoisotopic (exact) mass is 383 g/mol. The Bertz CT molecular complexity index is 889. The van der Waals surface area contributed by atoms with E-state index in [1.807, 2.05) is 12.3 Å². The summed E-state index contributed by atoms with van der Waals surface area (Å²) >= 11 is 1.47. The molecule has 0 saturated carbocycles. The number of nitrogens with zero attached hydrogens (tertiary/aromatic N) is 5. The minimum Gasteiger partial charge on any atom is -0.384 e. The molecule has 0 bridgehead atoms. The van der Waals surface area contributed by atoms with Crippen LogP contribution in [-0.2, 0) is 17.7 Å². The van der Waals surface area contributed by atoms with Gasteiger partial charge >= 0.3 is 0 Å². The summed E-state index contributed by atoms with van der Waals surface area (Å²) in [6.07, 6.45) is 4.71. The van der Waals surface area contributed by atoms with E-state index in [9.17, 15) is 0 Å². The van der Waals surface area contributed by atoms with Gasteiger partial charge in [-0.25, -0.2) is 9.97 Å². The second-order valence-corrected chi connectivity index (χ2v) is 8.38. The molecular weight excluding hydrogens is 358 g/mol. The van der Waals surface area contributed by atoms with E-state index in [1.165, 1.54) is 17.1 Å². The van der Waals surface area contributed by atoms with Gasteiger partial charge < -0.3 is 14.2 Å². The highest BCUT2D eigenvalue weighted by atomic mass is 32.1. The lowest BCUT2D eigenvalue weighted by Crippen LogP contribution is -2.56. The Hall–Kier alpha value is -2.25. The molecule has 1 atom stereocenters. The fourth-order valence-electron chi connectivity index (χ4n) is 3.73.